The molecule has 0 aliphatic carbocycles. The standard InChI is InChI=1S/C14H14FN3O3S/c15-13-4-3-11(22(16,20)21)8-12(13)14(19)18-7-6-17-5-1-2-10(17)9-18/h1-5,8H,6-7,9H2,(H2,16,20,21). The van der Waals surface area contributed by atoms with Crippen molar-refractivity contribution in [1.82, 2.24) is 9.47 Å². The summed E-state index contributed by atoms with van der Waals surface area (Å²) in [5.74, 6) is -1.31. The van der Waals surface area contributed by atoms with Gasteiger partial charge in [-0.2, -0.15) is 0 Å². The lowest BCUT2D eigenvalue weighted by molar-refractivity contribution is 0.0706. The van der Waals surface area contributed by atoms with Crippen molar-refractivity contribution < 1.29 is 17.6 Å². The molecule has 0 bridgehead atoms. The number of benzene rings is 1. The lowest BCUT2D eigenvalue weighted by Gasteiger charge is -2.29. The van der Waals surface area contributed by atoms with E-state index in [4.69, 9.17) is 5.14 Å². The molecule has 6 nitrogen and oxygen atoms in total. The molecular formula is C14H14FN3O3S. The zero-order chi connectivity index (χ0) is 15.9. The highest BCUT2D eigenvalue weighted by Crippen LogP contribution is 2.19. The monoisotopic (exact) mass is 323 g/mol. The van der Waals surface area contributed by atoms with Crippen LogP contribution >= 0.6 is 0 Å². The van der Waals surface area contributed by atoms with Gasteiger partial charge in [-0.3, -0.25) is 4.79 Å². The van der Waals surface area contributed by atoms with Crippen molar-refractivity contribution in [1.29, 1.82) is 0 Å². The molecule has 0 atom stereocenters. The molecule has 1 aliphatic rings. The van der Waals surface area contributed by atoms with E-state index in [0.29, 0.717) is 19.6 Å². The topological polar surface area (TPSA) is 85.4 Å². The average Bonchev–Trinajstić information content (AvgIpc) is 2.93. The van der Waals surface area contributed by atoms with Crippen LogP contribution in [0.5, 0.6) is 0 Å². The summed E-state index contributed by atoms with van der Waals surface area (Å²) in [7, 11) is -3.99. The number of primary sulfonamides is 1. The highest BCUT2D eigenvalue weighted by molar-refractivity contribution is 7.89. The van der Waals surface area contributed by atoms with Crippen LogP contribution in [0.4, 0.5) is 4.39 Å². The molecule has 2 N–H and O–H groups in total. The maximum absolute atomic E-state index is 13.9. The molecule has 3 rings (SSSR count). The van der Waals surface area contributed by atoms with E-state index in [1.165, 1.54) is 4.90 Å². The lowest BCUT2D eigenvalue weighted by atomic mass is 10.1. The summed E-state index contributed by atoms with van der Waals surface area (Å²) >= 11 is 0. The number of rotatable bonds is 2. The van der Waals surface area contributed by atoms with Gasteiger partial charge in [-0.05, 0) is 30.3 Å². The predicted molar refractivity (Wildman–Crippen MR) is 76.9 cm³/mol. The Morgan fingerprint density at radius 3 is 2.73 bits per heavy atom. The normalized spacial score (nSPS) is 14.7. The fraction of sp³-hybridized carbons (Fsp3) is 0.214. The second-order valence-corrected chi connectivity index (χ2v) is 6.67. The summed E-state index contributed by atoms with van der Waals surface area (Å²) in [5, 5.41) is 5.03. The Labute approximate surface area is 127 Å². The Morgan fingerprint density at radius 2 is 2.00 bits per heavy atom. The van der Waals surface area contributed by atoms with E-state index >= 15 is 0 Å². The van der Waals surface area contributed by atoms with E-state index in [1.807, 2.05) is 22.9 Å². The molecule has 1 aliphatic heterocycles. The van der Waals surface area contributed by atoms with Gasteiger partial charge in [0.05, 0.1) is 17.0 Å². The molecule has 0 saturated heterocycles. The molecule has 0 saturated carbocycles. The fourth-order valence-electron chi connectivity index (χ4n) is 2.50. The number of nitrogens with zero attached hydrogens (tertiary/aromatic N) is 2. The van der Waals surface area contributed by atoms with Crippen LogP contribution in [-0.4, -0.2) is 30.3 Å². The quantitative estimate of drug-likeness (QED) is 0.892. The predicted octanol–water partition coefficient (Wildman–Crippen LogP) is 0.931. The van der Waals surface area contributed by atoms with Gasteiger partial charge in [-0.1, -0.05) is 0 Å². The van der Waals surface area contributed by atoms with E-state index in [-0.39, 0.29) is 10.5 Å². The van der Waals surface area contributed by atoms with Crippen molar-refractivity contribution in [2.24, 2.45) is 5.14 Å². The number of nitrogens with two attached hydrogens (primary N) is 1. The maximum Gasteiger partial charge on any atom is 0.257 e. The molecule has 22 heavy (non-hydrogen) atoms. The van der Waals surface area contributed by atoms with Crippen LogP contribution < -0.4 is 5.14 Å². The molecule has 1 aromatic carbocycles. The Morgan fingerprint density at radius 1 is 1.23 bits per heavy atom. The molecular weight excluding hydrogens is 309 g/mol. The van der Waals surface area contributed by atoms with Crippen LogP contribution in [0.3, 0.4) is 0 Å². The number of amides is 1. The minimum Gasteiger partial charge on any atom is -0.348 e. The molecule has 1 amide bonds. The van der Waals surface area contributed by atoms with Gasteiger partial charge >= 0.3 is 0 Å². The first-order valence-corrected chi connectivity index (χ1v) is 8.16. The molecule has 0 fully saturated rings. The van der Waals surface area contributed by atoms with Crippen molar-refractivity contribution >= 4 is 15.9 Å². The third-order valence-corrected chi connectivity index (χ3v) is 4.58. The van der Waals surface area contributed by atoms with Gasteiger partial charge in [0.1, 0.15) is 5.82 Å². The van der Waals surface area contributed by atoms with Gasteiger partial charge in [0.2, 0.25) is 10.0 Å². The Bertz CT molecular complexity index is 845. The summed E-state index contributed by atoms with van der Waals surface area (Å²) in [6, 6.07) is 6.74. The van der Waals surface area contributed by atoms with Gasteiger partial charge in [0.25, 0.3) is 5.91 Å². The molecule has 2 aromatic rings. The molecule has 0 radical (unpaired) electrons. The zero-order valence-corrected chi connectivity index (χ0v) is 12.4. The van der Waals surface area contributed by atoms with Crippen molar-refractivity contribution in [3.63, 3.8) is 0 Å². The van der Waals surface area contributed by atoms with Crippen molar-refractivity contribution in [2.45, 2.75) is 18.0 Å². The van der Waals surface area contributed by atoms with Crippen LogP contribution in [-0.2, 0) is 23.1 Å². The number of hydrogen-bond acceptors (Lipinski definition) is 3. The minimum absolute atomic E-state index is 0.280. The second-order valence-electron chi connectivity index (χ2n) is 5.11. The first kappa shape index (κ1) is 14.7. The number of fused-ring (bicyclic) bond motifs is 1. The summed E-state index contributed by atoms with van der Waals surface area (Å²) in [6.45, 7) is 1.40. The second kappa shape index (κ2) is 5.22. The van der Waals surface area contributed by atoms with Crippen molar-refractivity contribution in [3.8, 4) is 0 Å². The number of hydrogen-bond donors (Lipinski definition) is 1. The molecule has 0 unspecified atom stereocenters. The van der Waals surface area contributed by atoms with Gasteiger partial charge in [0.15, 0.2) is 0 Å². The lowest BCUT2D eigenvalue weighted by Crippen LogP contribution is -2.38. The van der Waals surface area contributed by atoms with E-state index in [9.17, 15) is 17.6 Å². The Kier molecular flexibility index (Phi) is 3.50. The van der Waals surface area contributed by atoms with E-state index in [0.717, 1.165) is 23.9 Å². The van der Waals surface area contributed by atoms with Gasteiger partial charge in [0, 0.05) is 25.0 Å². The van der Waals surface area contributed by atoms with E-state index in [1.54, 1.807) is 0 Å². The summed E-state index contributed by atoms with van der Waals surface area (Å²) in [6.07, 6.45) is 1.92. The minimum atomic E-state index is -3.99. The molecule has 1 aromatic heterocycles. The Hall–Kier alpha value is -2.19. The van der Waals surface area contributed by atoms with Crippen molar-refractivity contribution in [2.75, 3.05) is 6.54 Å². The SMILES string of the molecule is NS(=O)(=O)c1ccc(F)c(C(=O)N2CCn3cccc3C2)c1. The van der Waals surface area contributed by atoms with Crippen LogP contribution in [0.2, 0.25) is 0 Å². The summed E-state index contributed by atoms with van der Waals surface area (Å²) in [4.78, 5) is 13.7. The fourth-order valence-corrected chi connectivity index (χ4v) is 3.04. The number of halogens is 1. The molecule has 2 heterocycles. The molecule has 0 spiro atoms. The molecule has 116 valence electrons. The average molecular weight is 323 g/mol. The maximum atomic E-state index is 13.9. The summed E-state index contributed by atoms with van der Waals surface area (Å²) in [5.41, 5.74) is 0.661. The van der Waals surface area contributed by atoms with E-state index in [2.05, 4.69) is 0 Å². The highest BCUT2D eigenvalue weighted by atomic mass is 32.2. The van der Waals surface area contributed by atoms with Crippen LogP contribution in [0.1, 0.15) is 16.1 Å². The number of aromatic nitrogens is 1. The van der Waals surface area contributed by atoms with Crippen LogP contribution in [0.25, 0.3) is 0 Å². The van der Waals surface area contributed by atoms with Gasteiger partial charge < -0.3 is 9.47 Å². The third-order valence-electron chi connectivity index (χ3n) is 3.67. The van der Waals surface area contributed by atoms with Gasteiger partial charge in [-0.25, -0.2) is 17.9 Å². The molecule has 8 heteroatoms. The van der Waals surface area contributed by atoms with Crippen LogP contribution in [0, 0.1) is 5.82 Å². The van der Waals surface area contributed by atoms with Crippen LogP contribution in [0.15, 0.2) is 41.4 Å². The van der Waals surface area contributed by atoms with E-state index < -0.39 is 21.7 Å². The Balaban J connectivity index is 1.93. The van der Waals surface area contributed by atoms with Crippen molar-refractivity contribution in [3.05, 3.63) is 53.6 Å². The van der Waals surface area contributed by atoms with Gasteiger partial charge in [-0.15, -0.1) is 0 Å². The summed E-state index contributed by atoms with van der Waals surface area (Å²) < 4.78 is 38.6. The largest absolute Gasteiger partial charge is 0.348 e. The number of carbonyl (C=O) groups excluding carboxylic acids is 1. The smallest absolute Gasteiger partial charge is 0.257 e. The third kappa shape index (κ3) is 2.62. The first-order valence-electron chi connectivity index (χ1n) is 6.62. The number of sulfonamides is 1. The highest BCUT2D eigenvalue weighted by Gasteiger charge is 2.25. The first-order chi connectivity index (χ1) is 10.4. The zero-order valence-electron chi connectivity index (χ0n) is 11.6. The number of carbonyl (C=O) groups is 1.